The summed E-state index contributed by atoms with van der Waals surface area (Å²) in [4.78, 5) is 11.2. The standard InChI is InChI=1S/C14H18N4O2/c1-9-5-10(2)7-11(6-9)12-15-16-17-18(12)8-14(3,4)13(19)20/h5-7H,8H2,1-4H3,(H,19,20). The molecule has 20 heavy (non-hydrogen) atoms. The Hall–Kier alpha value is -2.24. The zero-order valence-corrected chi connectivity index (χ0v) is 12.1. The van der Waals surface area contributed by atoms with Crippen molar-refractivity contribution in [3.63, 3.8) is 0 Å². The molecule has 0 amide bonds. The predicted molar refractivity (Wildman–Crippen MR) is 74.1 cm³/mol. The number of carboxylic acids is 1. The van der Waals surface area contributed by atoms with Crippen LogP contribution >= 0.6 is 0 Å². The van der Waals surface area contributed by atoms with Crippen molar-refractivity contribution in [2.24, 2.45) is 5.41 Å². The third-order valence-electron chi connectivity index (χ3n) is 3.14. The number of hydrogen-bond donors (Lipinski definition) is 1. The van der Waals surface area contributed by atoms with Crippen LogP contribution in [0.1, 0.15) is 25.0 Å². The van der Waals surface area contributed by atoms with Crippen LogP contribution in [0, 0.1) is 19.3 Å². The Kier molecular flexibility index (Phi) is 3.57. The second kappa shape index (κ2) is 5.03. The summed E-state index contributed by atoms with van der Waals surface area (Å²) >= 11 is 0. The molecule has 2 rings (SSSR count). The molecule has 1 N–H and O–H groups in total. The SMILES string of the molecule is Cc1cc(C)cc(-c2nnnn2CC(C)(C)C(=O)O)c1. The van der Waals surface area contributed by atoms with Gasteiger partial charge in [-0.1, -0.05) is 17.2 Å². The summed E-state index contributed by atoms with van der Waals surface area (Å²) in [6.45, 7) is 7.54. The minimum atomic E-state index is -0.928. The van der Waals surface area contributed by atoms with Crippen LogP contribution in [0.4, 0.5) is 0 Å². The van der Waals surface area contributed by atoms with E-state index in [1.54, 1.807) is 18.5 Å². The first-order valence-electron chi connectivity index (χ1n) is 6.38. The van der Waals surface area contributed by atoms with Crippen molar-refractivity contribution < 1.29 is 9.90 Å². The van der Waals surface area contributed by atoms with Gasteiger partial charge in [0, 0.05) is 5.56 Å². The molecule has 0 unspecified atom stereocenters. The molecule has 0 saturated heterocycles. The zero-order chi connectivity index (χ0) is 14.9. The number of nitrogens with zero attached hydrogens (tertiary/aromatic N) is 4. The molecular weight excluding hydrogens is 256 g/mol. The Balaban J connectivity index is 2.40. The molecule has 0 aliphatic rings. The molecule has 0 atom stereocenters. The summed E-state index contributed by atoms with van der Waals surface area (Å²) in [5.74, 6) is -0.287. The summed E-state index contributed by atoms with van der Waals surface area (Å²) in [5.41, 5.74) is 2.20. The van der Waals surface area contributed by atoms with E-state index in [0.29, 0.717) is 5.82 Å². The third-order valence-corrected chi connectivity index (χ3v) is 3.14. The van der Waals surface area contributed by atoms with Crippen molar-refractivity contribution in [1.82, 2.24) is 20.2 Å². The summed E-state index contributed by atoms with van der Waals surface area (Å²) in [6.07, 6.45) is 0. The highest BCUT2D eigenvalue weighted by Crippen LogP contribution is 2.23. The van der Waals surface area contributed by atoms with E-state index in [1.807, 2.05) is 26.0 Å². The fourth-order valence-corrected chi connectivity index (χ4v) is 2.06. The number of carboxylic acid groups (broad SMARTS) is 1. The summed E-state index contributed by atoms with van der Waals surface area (Å²) in [7, 11) is 0. The normalized spacial score (nSPS) is 11.6. The third kappa shape index (κ3) is 2.84. The highest BCUT2D eigenvalue weighted by molar-refractivity contribution is 5.73. The van der Waals surface area contributed by atoms with Crippen LogP contribution in [-0.2, 0) is 11.3 Å². The van der Waals surface area contributed by atoms with Gasteiger partial charge in [0.1, 0.15) is 0 Å². The molecule has 6 heteroatoms. The molecule has 0 aliphatic carbocycles. The summed E-state index contributed by atoms with van der Waals surface area (Å²) in [5, 5.41) is 20.8. The number of aromatic nitrogens is 4. The van der Waals surface area contributed by atoms with Crippen molar-refractivity contribution in [2.45, 2.75) is 34.2 Å². The van der Waals surface area contributed by atoms with Crippen LogP contribution in [0.2, 0.25) is 0 Å². The van der Waals surface area contributed by atoms with Crippen molar-refractivity contribution in [3.05, 3.63) is 29.3 Å². The Morgan fingerprint density at radius 2 is 1.85 bits per heavy atom. The lowest BCUT2D eigenvalue weighted by molar-refractivity contribution is -0.147. The number of tetrazole rings is 1. The first-order valence-corrected chi connectivity index (χ1v) is 6.38. The topological polar surface area (TPSA) is 80.9 Å². The van der Waals surface area contributed by atoms with E-state index in [-0.39, 0.29) is 6.54 Å². The van der Waals surface area contributed by atoms with Gasteiger partial charge in [0.2, 0.25) is 0 Å². The molecule has 2 aromatic rings. The number of benzene rings is 1. The number of aliphatic carboxylic acids is 1. The van der Waals surface area contributed by atoms with Crippen LogP contribution in [0.3, 0.4) is 0 Å². The maximum Gasteiger partial charge on any atom is 0.310 e. The first kappa shape index (κ1) is 14.2. The largest absolute Gasteiger partial charge is 0.481 e. The van der Waals surface area contributed by atoms with E-state index in [2.05, 4.69) is 21.6 Å². The molecule has 6 nitrogen and oxygen atoms in total. The average molecular weight is 274 g/mol. The van der Waals surface area contributed by atoms with E-state index >= 15 is 0 Å². The van der Waals surface area contributed by atoms with Gasteiger partial charge in [0.25, 0.3) is 0 Å². The van der Waals surface area contributed by atoms with E-state index in [4.69, 9.17) is 0 Å². The molecule has 1 aromatic carbocycles. The number of aryl methyl sites for hydroxylation is 2. The molecule has 1 aromatic heterocycles. The Morgan fingerprint density at radius 1 is 1.25 bits per heavy atom. The van der Waals surface area contributed by atoms with Gasteiger partial charge in [-0.2, -0.15) is 0 Å². The van der Waals surface area contributed by atoms with Crippen LogP contribution in [0.25, 0.3) is 11.4 Å². The van der Waals surface area contributed by atoms with E-state index in [0.717, 1.165) is 16.7 Å². The van der Waals surface area contributed by atoms with Crippen molar-refractivity contribution in [1.29, 1.82) is 0 Å². The molecule has 0 bridgehead atoms. The van der Waals surface area contributed by atoms with Gasteiger partial charge in [0.05, 0.1) is 12.0 Å². The molecule has 0 saturated carbocycles. The molecule has 0 spiro atoms. The average Bonchev–Trinajstić information content (AvgIpc) is 2.74. The fraction of sp³-hybridized carbons (Fsp3) is 0.429. The maximum atomic E-state index is 11.2. The molecule has 1 heterocycles. The van der Waals surface area contributed by atoms with Gasteiger partial charge in [-0.15, -0.1) is 5.10 Å². The van der Waals surface area contributed by atoms with E-state index < -0.39 is 11.4 Å². The highest BCUT2D eigenvalue weighted by Gasteiger charge is 2.29. The Labute approximate surface area is 117 Å². The number of rotatable bonds is 4. The second-order valence-corrected chi connectivity index (χ2v) is 5.73. The van der Waals surface area contributed by atoms with Crippen LogP contribution in [0.5, 0.6) is 0 Å². The first-order chi connectivity index (χ1) is 9.29. The van der Waals surface area contributed by atoms with Gasteiger partial charge in [0.15, 0.2) is 5.82 Å². The highest BCUT2D eigenvalue weighted by atomic mass is 16.4. The Morgan fingerprint density at radius 3 is 2.40 bits per heavy atom. The molecule has 0 fully saturated rings. The van der Waals surface area contributed by atoms with Crippen molar-refractivity contribution in [3.8, 4) is 11.4 Å². The fourth-order valence-electron chi connectivity index (χ4n) is 2.06. The van der Waals surface area contributed by atoms with Crippen LogP contribution in [0.15, 0.2) is 18.2 Å². The second-order valence-electron chi connectivity index (χ2n) is 5.73. The number of carbonyl (C=O) groups is 1. The van der Waals surface area contributed by atoms with Crippen molar-refractivity contribution in [2.75, 3.05) is 0 Å². The molecule has 106 valence electrons. The lowest BCUT2D eigenvalue weighted by atomic mass is 9.94. The van der Waals surface area contributed by atoms with Gasteiger partial charge in [-0.3, -0.25) is 4.79 Å². The van der Waals surface area contributed by atoms with Crippen LogP contribution < -0.4 is 0 Å². The summed E-state index contributed by atoms with van der Waals surface area (Å²) < 4.78 is 1.54. The molecular formula is C14H18N4O2. The lowest BCUT2D eigenvalue weighted by Gasteiger charge is -2.19. The predicted octanol–water partition coefficient (Wildman–Crippen LogP) is 2.07. The quantitative estimate of drug-likeness (QED) is 0.923. The van der Waals surface area contributed by atoms with Gasteiger partial charge >= 0.3 is 5.97 Å². The smallest absolute Gasteiger partial charge is 0.310 e. The molecule has 0 radical (unpaired) electrons. The van der Waals surface area contributed by atoms with E-state index in [1.165, 1.54) is 0 Å². The molecule has 0 aliphatic heterocycles. The van der Waals surface area contributed by atoms with Crippen LogP contribution in [-0.4, -0.2) is 31.3 Å². The van der Waals surface area contributed by atoms with E-state index in [9.17, 15) is 9.90 Å². The van der Waals surface area contributed by atoms with Gasteiger partial charge < -0.3 is 5.11 Å². The summed E-state index contributed by atoms with van der Waals surface area (Å²) in [6, 6.07) is 6.05. The number of hydrogen-bond acceptors (Lipinski definition) is 4. The van der Waals surface area contributed by atoms with Gasteiger partial charge in [-0.05, 0) is 50.3 Å². The van der Waals surface area contributed by atoms with Crippen molar-refractivity contribution >= 4 is 5.97 Å². The Bertz CT molecular complexity index is 626. The minimum absolute atomic E-state index is 0.220. The lowest BCUT2D eigenvalue weighted by Crippen LogP contribution is -2.30. The zero-order valence-electron chi connectivity index (χ0n) is 12.1. The minimum Gasteiger partial charge on any atom is -0.481 e. The monoisotopic (exact) mass is 274 g/mol. The van der Waals surface area contributed by atoms with Gasteiger partial charge in [-0.25, -0.2) is 4.68 Å². The maximum absolute atomic E-state index is 11.2.